The van der Waals surface area contributed by atoms with Crippen LogP contribution >= 0.6 is 0 Å². The summed E-state index contributed by atoms with van der Waals surface area (Å²) in [6, 6.07) is 8.66. The fourth-order valence-electron chi connectivity index (χ4n) is 5.59. The number of alkyl halides is 2. The standard InChI is InChI=1S/C23H20F4N4O3/c1-34-19(32)14-2-4-15(5-3-14)20-9-21(10-20,11-20)23(26,27)22(33,12-31-29-13-28-30-31)17-7-6-16(24)8-18(17)25/h2-8,13,33H,9-12H2,1H3. The number of halogens is 4. The molecule has 6 rings (SSSR count). The summed E-state index contributed by atoms with van der Waals surface area (Å²) >= 11 is 0. The molecule has 3 saturated carbocycles. The molecule has 1 heterocycles. The van der Waals surface area contributed by atoms with Crippen molar-refractivity contribution in [3.63, 3.8) is 0 Å². The van der Waals surface area contributed by atoms with Crippen molar-refractivity contribution in [2.45, 2.75) is 42.7 Å². The Labute approximate surface area is 191 Å². The minimum absolute atomic E-state index is 0.0560. The van der Waals surface area contributed by atoms with Crippen LogP contribution in [0.2, 0.25) is 0 Å². The summed E-state index contributed by atoms with van der Waals surface area (Å²) in [5.74, 6) is -6.55. The number of hydrogen-bond donors (Lipinski definition) is 1. The highest BCUT2D eigenvalue weighted by Crippen LogP contribution is 2.80. The van der Waals surface area contributed by atoms with Gasteiger partial charge in [0.15, 0.2) is 11.9 Å². The molecule has 1 unspecified atom stereocenters. The zero-order valence-corrected chi connectivity index (χ0v) is 18.0. The van der Waals surface area contributed by atoms with E-state index >= 15 is 8.78 Å². The van der Waals surface area contributed by atoms with Gasteiger partial charge in [0, 0.05) is 17.0 Å². The molecular weight excluding hydrogens is 456 g/mol. The van der Waals surface area contributed by atoms with Gasteiger partial charge in [0.2, 0.25) is 0 Å². The molecule has 3 fully saturated rings. The molecule has 11 heteroatoms. The lowest BCUT2D eigenvalue weighted by atomic mass is 9.30. The number of ether oxygens (including phenoxy) is 1. The maximum Gasteiger partial charge on any atom is 0.337 e. The lowest BCUT2D eigenvalue weighted by Gasteiger charge is -2.74. The monoisotopic (exact) mass is 476 g/mol. The van der Waals surface area contributed by atoms with Crippen molar-refractivity contribution >= 4 is 5.97 Å². The highest BCUT2D eigenvalue weighted by atomic mass is 19.3. The topological polar surface area (TPSA) is 90.1 Å². The number of carbonyl (C=O) groups is 1. The molecule has 3 aliphatic carbocycles. The Balaban J connectivity index is 1.46. The van der Waals surface area contributed by atoms with Crippen LogP contribution < -0.4 is 0 Å². The number of aromatic nitrogens is 4. The molecule has 0 saturated heterocycles. The first-order valence-corrected chi connectivity index (χ1v) is 10.5. The third kappa shape index (κ3) is 2.99. The summed E-state index contributed by atoms with van der Waals surface area (Å²) in [7, 11) is 1.27. The van der Waals surface area contributed by atoms with Crippen LogP contribution in [0.3, 0.4) is 0 Å². The van der Waals surface area contributed by atoms with Crippen molar-refractivity contribution in [3.8, 4) is 0 Å². The van der Waals surface area contributed by atoms with Crippen molar-refractivity contribution in [1.29, 1.82) is 0 Å². The largest absolute Gasteiger partial charge is 0.465 e. The number of esters is 1. The smallest absolute Gasteiger partial charge is 0.337 e. The van der Waals surface area contributed by atoms with E-state index in [0.29, 0.717) is 11.6 Å². The summed E-state index contributed by atoms with van der Waals surface area (Å²) < 4.78 is 65.1. The average molecular weight is 476 g/mol. The van der Waals surface area contributed by atoms with E-state index in [1.807, 2.05) is 0 Å². The van der Waals surface area contributed by atoms with E-state index in [9.17, 15) is 18.7 Å². The van der Waals surface area contributed by atoms with Crippen LogP contribution in [0.15, 0.2) is 48.8 Å². The molecule has 2 bridgehead atoms. The number of methoxy groups -OCH3 is 1. The molecule has 34 heavy (non-hydrogen) atoms. The zero-order valence-electron chi connectivity index (χ0n) is 18.0. The highest BCUT2D eigenvalue weighted by molar-refractivity contribution is 5.89. The number of hydrogen-bond acceptors (Lipinski definition) is 6. The third-order valence-electron chi connectivity index (χ3n) is 7.27. The molecule has 1 atom stereocenters. The van der Waals surface area contributed by atoms with E-state index < -0.39 is 52.1 Å². The van der Waals surface area contributed by atoms with Crippen molar-refractivity contribution in [2.75, 3.05) is 7.11 Å². The Hall–Kier alpha value is -3.34. The van der Waals surface area contributed by atoms with Crippen molar-refractivity contribution < 1.29 is 32.2 Å². The van der Waals surface area contributed by atoms with Crippen LogP contribution in [-0.4, -0.2) is 44.3 Å². The number of nitrogens with zero attached hydrogens (tertiary/aromatic N) is 4. The van der Waals surface area contributed by atoms with E-state index in [2.05, 4.69) is 20.1 Å². The van der Waals surface area contributed by atoms with Crippen LogP contribution in [0.1, 0.15) is 40.7 Å². The van der Waals surface area contributed by atoms with Gasteiger partial charge in [-0.1, -0.05) is 12.1 Å². The Bertz CT molecular complexity index is 1230. The van der Waals surface area contributed by atoms with E-state index in [1.54, 1.807) is 24.3 Å². The molecule has 0 radical (unpaired) electrons. The Morgan fingerprint density at radius 2 is 1.82 bits per heavy atom. The van der Waals surface area contributed by atoms with Gasteiger partial charge in [-0.15, -0.1) is 10.2 Å². The highest BCUT2D eigenvalue weighted by Gasteiger charge is 2.82. The number of carbonyl (C=O) groups excluding carboxylic acids is 1. The average Bonchev–Trinajstić information content (AvgIpc) is 3.24. The first kappa shape index (κ1) is 22.5. The first-order valence-electron chi connectivity index (χ1n) is 10.5. The predicted molar refractivity (Wildman–Crippen MR) is 109 cm³/mol. The van der Waals surface area contributed by atoms with E-state index in [-0.39, 0.29) is 19.3 Å². The normalized spacial score (nSPS) is 25.1. The fourth-order valence-corrected chi connectivity index (χ4v) is 5.59. The SMILES string of the molecule is COC(=O)c1ccc(C23CC(C(F)(F)C(O)(Cn4ncnn4)c4ccc(F)cc4F)(C2)C3)cc1. The zero-order chi connectivity index (χ0) is 24.4. The minimum atomic E-state index is -3.81. The van der Waals surface area contributed by atoms with Crippen LogP contribution in [0.5, 0.6) is 0 Å². The van der Waals surface area contributed by atoms with E-state index in [0.717, 1.165) is 28.8 Å². The molecule has 0 aliphatic heterocycles. The number of benzene rings is 2. The Kier molecular flexibility index (Phi) is 4.84. The molecule has 0 spiro atoms. The molecule has 178 valence electrons. The summed E-state index contributed by atoms with van der Waals surface area (Å²) in [4.78, 5) is 12.4. The molecular formula is C23H20F4N4O3. The van der Waals surface area contributed by atoms with Gasteiger partial charge in [-0.2, -0.15) is 4.80 Å². The minimum Gasteiger partial charge on any atom is -0.465 e. The van der Waals surface area contributed by atoms with Gasteiger partial charge >= 0.3 is 5.97 Å². The Morgan fingerprint density at radius 1 is 1.15 bits per heavy atom. The first-order chi connectivity index (χ1) is 16.1. The second-order valence-corrected chi connectivity index (χ2v) is 9.19. The van der Waals surface area contributed by atoms with Crippen LogP contribution in [0, 0.1) is 17.0 Å². The number of rotatable bonds is 7. The van der Waals surface area contributed by atoms with Gasteiger partial charge in [-0.3, -0.25) is 0 Å². The van der Waals surface area contributed by atoms with E-state index in [4.69, 9.17) is 0 Å². The maximum atomic E-state index is 16.1. The summed E-state index contributed by atoms with van der Waals surface area (Å²) in [5.41, 5.74) is -4.76. The molecule has 7 nitrogen and oxygen atoms in total. The van der Waals surface area contributed by atoms with Gasteiger partial charge in [0.25, 0.3) is 5.92 Å². The fraction of sp³-hybridized carbons (Fsp3) is 0.391. The number of tetrazole rings is 1. The van der Waals surface area contributed by atoms with Gasteiger partial charge < -0.3 is 9.84 Å². The van der Waals surface area contributed by atoms with Crippen LogP contribution in [-0.2, 0) is 22.3 Å². The second-order valence-electron chi connectivity index (χ2n) is 9.19. The van der Waals surface area contributed by atoms with Crippen LogP contribution in [0.4, 0.5) is 17.6 Å². The van der Waals surface area contributed by atoms with E-state index in [1.165, 1.54) is 7.11 Å². The van der Waals surface area contributed by atoms with Crippen molar-refractivity contribution in [3.05, 3.63) is 77.1 Å². The molecule has 1 N–H and O–H groups in total. The molecule has 2 aromatic carbocycles. The molecule has 0 amide bonds. The summed E-state index contributed by atoms with van der Waals surface area (Å²) in [6.45, 7) is -0.870. The molecule has 1 aromatic heterocycles. The molecule has 3 aliphatic rings. The predicted octanol–water partition coefficient (Wildman–Crippen LogP) is 3.38. The Morgan fingerprint density at radius 3 is 2.38 bits per heavy atom. The van der Waals surface area contributed by atoms with Crippen LogP contribution in [0.25, 0.3) is 0 Å². The number of aliphatic hydroxyl groups is 1. The van der Waals surface area contributed by atoms with Gasteiger partial charge in [0.05, 0.1) is 12.7 Å². The van der Waals surface area contributed by atoms with Gasteiger partial charge in [-0.05, 0) is 59.7 Å². The molecule has 3 aromatic rings. The van der Waals surface area contributed by atoms with Gasteiger partial charge in [-0.25, -0.2) is 22.4 Å². The lowest BCUT2D eigenvalue weighted by molar-refractivity contribution is -0.348. The summed E-state index contributed by atoms with van der Waals surface area (Å²) in [5, 5.41) is 22.1. The second kappa shape index (κ2) is 7.33. The van der Waals surface area contributed by atoms with Gasteiger partial charge in [0.1, 0.15) is 18.2 Å². The lowest BCUT2D eigenvalue weighted by Crippen LogP contribution is -2.76. The third-order valence-corrected chi connectivity index (χ3v) is 7.27. The van der Waals surface area contributed by atoms with Crippen molar-refractivity contribution in [2.24, 2.45) is 5.41 Å². The maximum absolute atomic E-state index is 16.1. The quantitative estimate of drug-likeness (QED) is 0.416. The summed E-state index contributed by atoms with van der Waals surface area (Å²) in [6.07, 6.45) is 1.18. The van der Waals surface area contributed by atoms with Crippen molar-refractivity contribution in [1.82, 2.24) is 20.2 Å².